The normalized spacial score (nSPS) is 20.7. The summed E-state index contributed by atoms with van der Waals surface area (Å²) in [6.07, 6.45) is 4.71. The van der Waals surface area contributed by atoms with Gasteiger partial charge in [-0.3, -0.25) is 9.98 Å². The van der Waals surface area contributed by atoms with Gasteiger partial charge in [0, 0.05) is 7.05 Å². The number of fused-ring (bicyclic) bond motifs is 1. The third-order valence-electron chi connectivity index (χ3n) is 4.74. The Hall–Kier alpha value is -2.49. The molecule has 0 amide bonds. The maximum absolute atomic E-state index is 4.35. The Balaban J connectivity index is 1.77. The molecule has 1 heterocycles. The van der Waals surface area contributed by atoms with E-state index in [0.29, 0.717) is 6.54 Å². The molecule has 0 bridgehead atoms. The third kappa shape index (κ3) is 3.09. The number of aryl methyl sites for hydroxylation is 1. The molecular formula is C20H24N4. The van der Waals surface area contributed by atoms with Crippen molar-refractivity contribution in [2.45, 2.75) is 32.2 Å². The minimum atomic E-state index is 0.274. The number of nitrogens with one attached hydrogen (secondary N) is 1. The molecule has 4 nitrogen and oxygen atoms in total. The fourth-order valence-electron chi connectivity index (χ4n) is 3.27. The van der Waals surface area contributed by atoms with Gasteiger partial charge in [0.1, 0.15) is 12.1 Å². The summed E-state index contributed by atoms with van der Waals surface area (Å²) in [6.45, 7) is 11.0. The lowest BCUT2D eigenvalue weighted by atomic mass is 9.99. The van der Waals surface area contributed by atoms with Gasteiger partial charge in [-0.05, 0) is 41.5 Å². The summed E-state index contributed by atoms with van der Waals surface area (Å²) in [5.41, 5.74) is 7.72. The van der Waals surface area contributed by atoms with Gasteiger partial charge in [-0.15, -0.1) is 0 Å². The Morgan fingerprint density at radius 3 is 2.96 bits per heavy atom. The molecule has 0 fully saturated rings. The van der Waals surface area contributed by atoms with E-state index in [1.54, 1.807) is 13.4 Å². The van der Waals surface area contributed by atoms with Gasteiger partial charge in [-0.1, -0.05) is 38.3 Å². The molecule has 1 aromatic rings. The molecule has 3 rings (SSSR count). The van der Waals surface area contributed by atoms with Crippen molar-refractivity contribution in [3.8, 4) is 0 Å². The van der Waals surface area contributed by atoms with E-state index in [4.69, 9.17) is 0 Å². The summed E-state index contributed by atoms with van der Waals surface area (Å²) in [5, 5.41) is 3.54. The van der Waals surface area contributed by atoms with Crippen molar-refractivity contribution in [1.29, 1.82) is 0 Å². The topological polar surface area (TPSA) is 49.1 Å². The first kappa shape index (κ1) is 16.4. The maximum atomic E-state index is 4.35. The van der Waals surface area contributed by atoms with E-state index >= 15 is 0 Å². The highest BCUT2D eigenvalue weighted by molar-refractivity contribution is 6.50. The van der Waals surface area contributed by atoms with E-state index in [9.17, 15) is 0 Å². The van der Waals surface area contributed by atoms with Crippen LogP contribution in [0.5, 0.6) is 0 Å². The largest absolute Gasteiger partial charge is 0.377 e. The van der Waals surface area contributed by atoms with E-state index in [2.05, 4.69) is 58.6 Å². The molecule has 0 saturated heterocycles. The summed E-state index contributed by atoms with van der Waals surface area (Å²) < 4.78 is 0. The molecule has 0 radical (unpaired) electrons. The van der Waals surface area contributed by atoms with Gasteiger partial charge < -0.3 is 5.32 Å². The highest BCUT2D eigenvalue weighted by Crippen LogP contribution is 2.34. The number of hydrogen-bond donors (Lipinski definition) is 1. The summed E-state index contributed by atoms with van der Waals surface area (Å²) in [6, 6.07) is 6.96. The van der Waals surface area contributed by atoms with Crippen LogP contribution in [0.25, 0.3) is 5.57 Å². The van der Waals surface area contributed by atoms with Crippen LogP contribution >= 0.6 is 0 Å². The molecule has 1 aliphatic carbocycles. The second-order valence-corrected chi connectivity index (χ2v) is 6.19. The molecule has 1 atom stereocenters. The molecule has 2 aliphatic rings. The van der Waals surface area contributed by atoms with Gasteiger partial charge in [-0.25, -0.2) is 4.99 Å². The molecule has 24 heavy (non-hydrogen) atoms. The van der Waals surface area contributed by atoms with Crippen LogP contribution in [0, 0.1) is 0 Å². The minimum absolute atomic E-state index is 0.274. The molecule has 1 aromatic carbocycles. The molecule has 0 unspecified atom stereocenters. The van der Waals surface area contributed by atoms with Gasteiger partial charge in [-0.2, -0.15) is 0 Å². The van der Waals surface area contributed by atoms with Gasteiger partial charge in [0.05, 0.1) is 24.0 Å². The maximum Gasteiger partial charge on any atom is 0.111 e. The van der Waals surface area contributed by atoms with Crippen LogP contribution in [0.1, 0.15) is 42.5 Å². The number of allylic oxidation sites excluding steroid dienone is 2. The quantitative estimate of drug-likeness (QED) is 0.882. The van der Waals surface area contributed by atoms with Crippen LogP contribution in [-0.2, 0) is 6.42 Å². The van der Waals surface area contributed by atoms with Crippen molar-refractivity contribution in [3.05, 3.63) is 53.7 Å². The van der Waals surface area contributed by atoms with Crippen molar-refractivity contribution in [3.63, 3.8) is 0 Å². The average molecular weight is 320 g/mol. The molecule has 1 aliphatic heterocycles. The predicted octanol–water partition coefficient (Wildman–Crippen LogP) is 3.75. The number of hydrogen-bond acceptors (Lipinski definition) is 4. The number of benzene rings is 1. The summed E-state index contributed by atoms with van der Waals surface area (Å²) in [5.74, 6) is 0. The molecular weight excluding hydrogens is 296 g/mol. The Labute approximate surface area is 143 Å². The van der Waals surface area contributed by atoms with Crippen LogP contribution in [0.3, 0.4) is 0 Å². The zero-order valence-electron chi connectivity index (χ0n) is 14.5. The van der Waals surface area contributed by atoms with Gasteiger partial charge in [0.2, 0.25) is 0 Å². The van der Waals surface area contributed by atoms with E-state index in [0.717, 1.165) is 36.4 Å². The lowest BCUT2D eigenvalue weighted by molar-refractivity contribution is 0.607. The minimum Gasteiger partial charge on any atom is -0.377 e. The average Bonchev–Trinajstić information content (AvgIpc) is 3.02. The molecule has 4 heteroatoms. The van der Waals surface area contributed by atoms with E-state index in [1.807, 2.05) is 0 Å². The summed E-state index contributed by atoms with van der Waals surface area (Å²) in [7, 11) is 1.77. The third-order valence-corrected chi connectivity index (χ3v) is 4.74. The SMILES string of the molecule is C=C(N[C@H]1CCc2cc(C(=C)CC)ccc21)C1=NC=NCC1=NC. The first-order chi connectivity index (χ1) is 11.6. The smallest absolute Gasteiger partial charge is 0.111 e. The monoisotopic (exact) mass is 320 g/mol. The van der Waals surface area contributed by atoms with Crippen molar-refractivity contribution < 1.29 is 0 Å². The Morgan fingerprint density at radius 1 is 1.38 bits per heavy atom. The van der Waals surface area contributed by atoms with Crippen molar-refractivity contribution in [2.24, 2.45) is 15.0 Å². The second-order valence-electron chi connectivity index (χ2n) is 6.19. The highest BCUT2D eigenvalue weighted by atomic mass is 15.0. The van der Waals surface area contributed by atoms with Gasteiger partial charge >= 0.3 is 0 Å². The number of rotatable bonds is 5. The van der Waals surface area contributed by atoms with Crippen LogP contribution in [0.4, 0.5) is 0 Å². The Bertz CT molecular complexity index is 768. The lowest BCUT2D eigenvalue weighted by Gasteiger charge is -2.20. The molecule has 1 N–H and O–H groups in total. The highest BCUT2D eigenvalue weighted by Gasteiger charge is 2.25. The molecule has 0 aromatic heterocycles. The lowest BCUT2D eigenvalue weighted by Crippen LogP contribution is -2.31. The first-order valence-corrected chi connectivity index (χ1v) is 8.43. The Morgan fingerprint density at radius 2 is 2.21 bits per heavy atom. The van der Waals surface area contributed by atoms with Crippen LogP contribution in [-0.4, -0.2) is 31.4 Å². The van der Waals surface area contributed by atoms with Crippen LogP contribution in [0.15, 0.2) is 52.0 Å². The molecule has 0 saturated carbocycles. The van der Waals surface area contributed by atoms with E-state index in [1.165, 1.54) is 22.3 Å². The number of nitrogens with zero attached hydrogens (tertiary/aromatic N) is 3. The van der Waals surface area contributed by atoms with Crippen LogP contribution in [0.2, 0.25) is 0 Å². The Kier molecular flexibility index (Phi) is 4.74. The van der Waals surface area contributed by atoms with E-state index < -0.39 is 0 Å². The first-order valence-electron chi connectivity index (χ1n) is 8.43. The van der Waals surface area contributed by atoms with Crippen molar-refractivity contribution >= 4 is 23.3 Å². The summed E-state index contributed by atoms with van der Waals surface area (Å²) >= 11 is 0. The van der Waals surface area contributed by atoms with Gasteiger partial charge in [0.15, 0.2) is 0 Å². The van der Waals surface area contributed by atoms with Crippen LogP contribution < -0.4 is 5.32 Å². The fourth-order valence-corrected chi connectivity index (χ4v) is 3.27. The fraction of sp³-hybridized carbons (Fsp3) is 0.350. The zero-order chi connectivity index (χ0) is 17.1. The second kappa shape index (κ2) is 6.95. The molecule has 0 spiro atoms. The van der Waals surface area contributed by atoms with E-state index in [-0.39, 0.29) is 6.04 Å². The number of aliphatic imine (C=N–C) groups is 3. The predicted molar refractivity (Wildman–Crippen MR) is 103 cm³/mol. The zero-order valence-corrected chi connectivity index (χ0v) is 14.5. The molecule has 124 valence electrons. The van der Waals surface area contributed by atoms with Crippen molar-refractivity contribution in [2.75, 3.05) is 13.6 Å². The van der Waals surface area contributed by atoms with Gasteiger partial charge in [0.25, 0.3) is 0 Å². The summed E-state index contributed by atoms with van der Waals surface area (Å²) in [4.78, 5) is 12.8. The van der Waals surface area contributed by atoms with Crippen molar-refractivity contribution in [1.82, 2.24) is 5.32 Å². The standard InChI is InChI=1S/C20H24N4/c1-5-13(2)15-6-8-17-16(10-15)7-9-18(17)24-14(3)20-19(21-4)11-22-12-23-20/h6,8,10,12,18,24H,2-3,5,7,9,11H2,1,4H3/t18-/m0/s1.